The molecule has 0 saturated heterocycles. The Morgan fingerprint density at radius 3 is 2.42 bits per heavy atom. The number of hydrogen-bond acceptors (Lipinski definition) is 7. The van der Waals surface area contributed by atoms with E-state index in [1.54, 1.807) is 22.8 Å². The van der Waals surface area contributed by atoms with Gasteiger partial charge in [0, 0.05) is 42.1 Å². The summed E-state index contributed by atoms with van der Waals surface area (Å²) in [6.07, 6.45) is 23.9. The number of esters is 2. The van der Waals surface area contributed by atoms with Gasteiger partial charge in [0.2, 0.25) is 0 Å². The average Bonchev–Trinajstić information content (AvgIpc) is 1.49. The summed E-state index contributed by atoms with van der Waals surface area (Å²) in [6.45, 7) is 8.49. The molecule has 7 heteroatoms. The summed E-state index contributed by atoms with van der Waals surface area (Å²) in [5.74, 6) is 9.37. The SMILES string of the molecule is CC(=O)O[C@@H]1C[C@]2(C)C=C[C@@](O)(CC[C@H](C)CCCc3ccccc3)[C@@]3([C@H](O)CC[C@@](C)([C@H]4C[C@H]5c6cccc7ccc8c(c67)[C@@H]6[C@@H](C[C@@]7(c9ccccc9)CCCC[C@@H]87)[C@]78CC[C@H](CC#C[C@H]4C[C@]65C7)C8)[C@H]13)[C@@]2(O)CCC1=CC(=O)OC1. The third-order valence-electron chi connectivity index (χ3n) is 26.8. The van der Waals surface area contributed by atoms with Crippen LogP contribution in [0.25, 0.3) is 10.8 Å². The molecule has 6 fully saturated rings. The summed E-state index contributed by atoms with van der Waals surface area (Å²) in [7, 11) is 0. The Bertz CT molecular complexity index is 3370. The molecule has 0 unspecified atom stereocenters. The summed E-state index contributed by atoms with van der Waals surface area (Å²) in [4.78, 5) is 26.7. The van der Waals surface area contributed by atoms with Crippen LogP contribution in [0.2, 0.25) is 0 Å². The molecule has 3 spiro atoms. The number of carbonyl (C=O) groups excluding carboxylic acids is 2. The molecule has 0 radical (unpaired) electrons. The first-order chi connectivity index (χ1) is 40.0. The first-order valence-corrected chi connectivity index (χ1v) is 33.0. The summed E-state index contributed by atoms with van der Waals surface area (Å²) < 4.78 is 12.3. The van der Waals surface area contributed by atoms with E-state index in [9.17, 15) is 24.9 Å². The number of rotatable bonds is 13. The molecule has 1 heterocycles. The number of benzene rings is 4. The van der Waals surface area contributed by atoms with Gasteiger partial charge < -0.3 is 24.8 Å². The minimum atomic E-state index is -1.69. The average molecular weight is 1120 g/mol. The third kappa shape index (κ3) is 7.71. The molecule has 15 rings (SSSR count). The maximum atomic E-state index is 14.8. The van der Waals surface area contributed by atoms with E-state index in [4.69, 9.17) is 9.47 Å². The highest BCUT2D eigenvalue weighted by Gasteiger charge is 2.83. The molecule has 0 aromatic heterocycles. The van der Waals surface area contributed by atoms with Gasteiger partial charge in [-0.2, -0.15) is 0 Å². The Kier molecular flexibility index (Phi) is 12.8. The lowest BCUT2D eigenvalue weighted by molar-refractivity contribution is -0.363. The maximum Gasteiger partial charge on any atom is 0.331 e. The third-order valence-corrected chi connectivity index (χ3v) is 26.8. The van der Waals surface area contributed by atoms with Crippen LogP contribution in [0, 0.1) is 74.4 Å². The number of aryl methyl sites for hydroxylation is 1. The molecule has 6 bridgehead atoms. The van der Waals surface area contributed by atoms with Gasteiger partial charge in [-0.05, 0) is 217 Å². The Morgan fingerprint density at radius 1 is 0.807 bits per heavy atom. The van der Waals surface area contributed by atoms with E-state index in [1.807, 2.05) is 12.2 Å². The molecule has 1 aliphatic heterocycles. The highest BCUT2D eigenvalue weighted by Crippen LogP contribution is 2.83. The molecule has 436 valence electrons. The minimum Gasteiger partial charge on any atom is -0.462 e. The fourth-order valence-corrected chi connectivity index (χ4v) is 23.8. The smallest absolute Gasteiger partial charge is 0.331 e. The summed E-state index contributed by atoms with van der Waals surface area (Å²) in [5.41, 5.74) is 2.25. The highest BCUT2D eigenvalue weighted by atomic mass is 16.5. The second kappa shape index (κ2) is 19.5. The fourth-order valence-electron chi connectivity index (χ4n) is 23.8. The Labute approximate surface area is 493 Å². The number of hydrogen-bond donors (Lipinski definition) is 3. The zero-order valence-corrected chi connectivity index (χ0v) is 50.0. The number of fused-ring (bicyclic) bond motifs is 6. The van der Waals surface area contributed by atoms with Gasteiger partial charge in [0.05, 0.1) is 22.7 Å². The zero-order chi connectivity index (χ0) is 56.9. The fraction of sp³-hybridized carbons (Fsp3) is 0.605. The number of cyclic esters (lactones) is 1. The van der Waals surface area contributed by atoms with Crippen LogP contribution in [-0.2, 0) is 30.9 Å². The van der Waals surface area contributed by atoms with E-state index in [2.05, 4.69) is 124 Å². The van der Waals surface area contributed by atoms with Gasteiger partial charge in [0.25, 0.3) is 0 Å². The van der Waals surface area contributed by atoms with Crippen molar-refractivity contribution >= 4 is 22.7 Å². The number of aliphatic hydroxyl groups is 3. The van der Waals surface area contributed by atoms with Crippen molar-refractivity contribution in [3.05, 3.63) is 143 Å². The van der Waals surface area contributed by atoms with E-state index in [0.29, 0.717) is 62.2 Å². The van der Waals surface area contributed by atoms with Crippen LogP contribution in [0.3, 0.4) is 0 Å². The Hall–Kier alpha value is -5.00. The number of carbonyl (C=O) groups is 2. The Balaban J connectivity index is 0.901. The Morgan fingerprint density at radius 2 is 1.63 bits per heavy atom. The van der Waals surface area contributed by atoms with Gasteiger partial charge in [-0.1, -0.05) is 149 Å². The summed E-state index contributed by atoms with van der Waals surface area (Å²) in [5, 5.41) is 45.9. The van der Waals surface area contributed by atoms with Crippen molar-refractivity contribution in [3.8, 4) is 11.8 Å². The first kappa shape index (κ1) is 54.6. The predicted molar refractivity (Wildman–Crippen MR) is 325 cm³/mol. The normalized spacial score (nSPS) is 43.2. The van der Waals surface area contributed by atoms with Crippen molar-refractivity contribution in [2.45, 2.75) is 216 Å². The van der Waals surface area contributed by atoms with Gasteiger partial charge in [0.15, 0.2) is 0 Å². The van der Waals surface area contributed by atoms with Crippen LogP contribution >= 0.6 is 0 Å². The van der Waals surface area contributed by atoms with Crippen molar-refractivity contribution < 1.29 is 34.4 Å². The monoisotopic (exact) mass is 1110 g/mol. The second-order valence-electron chi connectivity index (χ2n) is 30.5. The van der Waals surface area contributed by atoms with Crippen molar-refractivity contribution in [1.29, 1.82) is 0 Å². The predicted octanol–water partition coefficient (Wildman–Crippen LogP) is 15.1. The lowest BCUT2D eigenvalue weighted by atomic mass is 9.30. The van der Waals surface area contributed by atoms with Crippen molar-refractivity contribution in [2.24, 2.45) is 62.6 Å². The van der Waals surface area contributed by atoms with E-state index < -0.39 is 45.6 Å². The van der Waals surface area contributed by atoms with Gasteiger partial charge in [-0.15, -0.1) is 5.92 Å². The molecule has 3 N–H and O–H groups in total. The number of aliphatic hydroxyl groups excluding tert-OH is 1. The van der Waals surface area contributed by atoms with Crippen LogP contribution in [0.15, 0.2) is 115 Å². The van der Waals surface area contributed by atoms with Crippen LogP contribution < -0.4 is 0 Å². The molecule has 19 atom stereocenters. The van der Waals surface area contributed by atoms with Gasteiger partial charge in [-0.25, -0.2) is 4.79 Å². The largest absolute Gasteiger partial charge is 0.462 e. The van der Waals surface area contributed by atoms with Crippen molar-refractivity contribution in [3.63, 3.8) is 0 Å². The van der Waals surface area contributed by atoms with Crippen molar-refractivity contribution in [2.75, 3.05) is 6.61 Å². The quantitative estimate of drug-likeness (QED) is 0.0694. The van der Waals surface area contributed by atoms with Crippen LogP contribution in [-0.4, -0.2) is 57.3 Å². The van der Waals surface area contributed by atoms with Crippen molar-refractivity contribution in [1.82, 2.24) is 0 Å². The molecule has 6 saturated carbocycles. The summed E-state index contributed by atoms with van der Waals surface area (Å²) in [6, 6.07) is 34.9. The molecular weight excluding hydrogens is 1020 g/mol. The van der Waals surface area contributed by atoms with E-state index in [0.717, 1.165) is 44.1 Å². The molecule has 10 aliphatic carbocycles. The number of ether oxygens (including phenoxy) is 2. The molecule has 0 amide bonds. The molecule has 7 nitrogen and oxygen atoms in total. The van der Waals surface area contributed by atoms with E-state index in [1.165, 1.54) is 86.6 Å². The molecule has 11 aliphatic rings. The van der Waals surface area contributed by atoms with E-state index in [-0.39, 0.29) is 64.9 Å². The summed E-state index contributed by atoms with van der Waals surface area (Å²) >= 11 is 0. The standard InChI is InChI=1S/C76H90O7/c1-48(16-13-19-50-17-7-5-8-18-50)29-36-74(80)39-38-69(3)45-62(83-49(2)77)68-70(4,34-32-63(78)76(68,74)75(69,81)37-31-52-40-64(79)82-46-52)59-41-60-56-25-15-21-53-27-28-57-58-26-11-12-33-72(58,55-23-9-6-10-24-55)44-61-67(66(57)65(53)56)73(60)43-54(59)22-14-20-51-30-35-71(61,42-51)47-73/h5-10,15,17-18,21,23-25,27-28,38-40,48,51,54,58-63,67-68,78,80-81H,11-13,16,19-20,26,29-37,41-47H2,1-4H3/t48-,51+,54+,58+,59+,60+,61-,62-,63-,67+,68+,69+,70+,71+,72-,73-,74+,75-,76+/m1/s1. The van der Waals surface area contributed by atoms with Crippen LogP contribution in [0.1, 0.15) is 208 Å². The van der Waals surface area contributed by atoms with Gasteiger partial charge in [0.1, 0.15) is 12.7 Å². The van der Waals surface area contributed by atoms with Gasteiger partial charge in [-0.3, -0.25) is 4.79 Å². The second-order valence-corrected chi connectivity index (χ2v) is 30.5. The molecule has 83 heavy (non-hydrogen) atoms. The lowest BCUT2D eigenvalue weighted by Crippen LogP contribution is -2.83. The van der Waals surface area contributed by atoms with Crippen LogP contribution in [0.4, 0.5) is 0 Å². The first-order valence-electron chi connectivity index (χ1n) is 33.0. The molecule has 4 aromatic carbocycles. The maximum absolute atomic E-state index is 14.8. The zero-order valence-electron chi connectivity index (χ0n) is 50.0. The highest BCUT2D eigenvalue weighted by molar-refractivity contribution is 5.93. The molecule has 4 aromatic rings. The van der Waals surface area contributed by atoms with Crippen LogP contribution in [0.5, 0.6) is 0 Å². The van der Waals surface area contributed by atoms with E-state index >= 15 is 0 Å². The van der Waals surface area contributed by atoms with Gasteiger partial charge >= 0.3 is 11.9 Å². The molecular formula is C76H90O7. The lowest BCUT2D eigenvalue weighted by Gasteiger charge is -2.76. The minimum absolute atomic E-state index is 0.00150. The topological polar surface area (TPSA) is 113 Å².